The molecule has 0 spiro atoms. The van der Waals surface area contributed by atoms with Crippen LogP contribution in [0.1, 0.15) is 18.4 Å². The Balaban J connectivity index is 1.69. The van der Waals surface area contributed by atoms with E-state index in [1.165, 1.54) is 24.1 Å². The lowest BCUT2D eigenvalue weighted by Crippen LogP contribution is -2.48. The third kappa shape index (κ3) is 4.51. The average Bonchev–Trinajstić information content (AvgIpc) is 2.62. The Kier molecular flexibility index (Phi) is 5.93. The minimum Gasteiger partial charge on any atom is -0.371 e. The van der Waals surface area contributed by atoms with Crippen molar-refractivity contribution in [2.24, 2.45) is 5.73 Å². The van der Waals surface area contributed by atoms with Gasteiger partial charge in [0.1, 0.15) is 6.10 Å². The van der Waals surface area contributed by atoms with E-state index >= 15 is 0 Å². The summed E-state index contributed by atoms with van der Waals surface area (Å²) in [7, 11) is 4.40. The molecule has 0 aromatic heterocycles. The normalized spacial score (nSPS) is 23.5. The molecule has 2 N–H and O–H groups in total. The number of rotatable bonds is 5. The van der Waals surface area contributed by atoms with E-state index in [1.54, 1.807) is 0 Å². The smallest absolute Gasteiger partial charge is 0.247 e. The first kappa shape index (κ1) is 18.2. The van der Waals surface area contributed by atoms with Crippen molar-refractivity contribution < 1.29 is 9.53 Å². The lowest BCUT2D eigenvalue weighted by molar-refractivity contribution is -0.135. The summed E-state index contributed by atoms with van der Waals surface area (Å²) in [5.41, 5.74) is 8.00. The fraction of sp³-hybridized carbons (Fsp3) is 0.632. The third-order valence-electron chi connectivity index (χ3n) is 5.47. The number of benzene rings is 1. The van der Waals surface area contributed by atoms with Crippen molar-refractivity contribution in [1.82, 2.24) is 9.80 Å². The maximum atomic E-state index is 11.4. The van der Waals surface area contributed by atoms with E-state index in [0.29, 0.717) is 19.2 Å². The van der Waals surface area contributed by atoms with Crippen molar-refractivity contribution in [3.05, 3.63) is 29.8 Å². The van der Waals surface area contributed by atoms with Gasteiger partial charge in [-0.25, -0.2) is 0 Å². The lowest BCUT2D eigenvalue weighted by Gasteiger charge is -2.38. The molecule has 1 aromatic carbocycles. The molecule has 0 aliphatic carbocycles. The number of nitrogens with two attached hydrogens (primary N) is 1. The number of piperidine rings is 1. The molecule has 2 heterocycles. The number of amides is 1. The van der Waals surface area contributed by atoms with Crippen LogP contribution in [-0.4, -0.2) is 74.7 Å². The first-order valence-corrected chi connectivity index (χ1v) is 9.17. The highest BCUT2D eigenvalue weighted by Gasteiger charge is 2.26. The summed E-state index contributed by atoms with van der Waals surface area (Å²) < 4.78 is 5.46. The van der Waals surface area contributed by atoms with Crippen molar-refractivity contribution in [2.75, 3.05) is 51.8 Å². The Bertz CT molecular complexity index is 587. The molecule has 0 saturated carbocycles. The summed E-state index contributed by atoms with van der Waals surface area (Å²) in [4.78, 5) is 18.5. The molecule has 0 unspecified atom stereocenters. The summed E-state index contributed by atoms with van der Waals surface area (Å²) >= 11 is 0. The largest absolute Gasteiger partial charge is 0.371 e. The second kappa shape index (κ2) is 8.17. The third-order valence-corrected chi connectivity index (χ3v) is 5.47. The number of likely N-dealkylation sites (tertiary alicyclic amines) is 1. The fourth-order valence-electron chi connectivity index (χ4n) is 3.83. The molecule has 2 saturated heterocycles. The van der Waals surface area contributed by atoms with Crippen LogP contribution in [0.3, 0.4) is 0 Å². The topological polar surface area (TPSA) is 62.0 Å². The molecular weight excluding hydrogens is 316 g/mol. The molecule has 2 fully saturated rings. The zero-order valence-electron chi connectivity index (χ0n) is 15.4. The van der Waals surface area contributed by atoms with E-state index in [9.17, 15) is 4.79 Å². The van der Waals surface area contributed by atoms with E-state index in [1.807, 2.05) is 0 Å². The minimum atomic E-state index is -0.493. The zero-order chi connectivity index (χ0) is 17.8. The van der Waals surface area contributed by atoms with Gasteiger partial charge in [0.05, 0.1) is 6.61 Å². The number of hydrogen-bond donors (Lipinski definition) is 1. The van der Waals surface area contributed by atoms with Crippen molar-refractivity contribution in [3.8, 4) is 0 Å². The van der Waals surface area contributed by atoms with Crippen LogP contribution < -0.4 is 10.6 Å². The van der Waals surface area contributed by atoms with Gasteiger partial charge in [-0.15, -0.1) is 0 Å². The van der Waals surface area contributed by atoms with Crippen LogP contribution >= 0.6 is 0 Å². The minimum absolute atomic E-state index is 0.374. The molecule has 2 aliphatic rings. The average molecular weight is 346 g/mol. The molecule has 1 amide bonds. The molecule has 1 atom stereocenters. The van der Waals surface area contributed by atoms with Gasteiger partial charge in [-0.3, -0.25) is 9.69 Å². The van der Waals surface area contributed by atoms with Gasteiger partial charge >= 0.3 is 0 Å². The lowest BCUT2D eigenvalue weighted by atomic mass is 10.0. The predicted molar refractivity (Wildman–Crippen MR) is 99.6 cm³/mol. The monoisotopic (exact) mass is 346 g/mol. The molecule has 1 aromatic rings. The Morgan fingerprint density at radius 2 is 2.00 bits per heavy atom. The second-order valence-corrected chi connectivity index (χ2v) is 7.27. The Morgan fingerprint density at radius 3 is 2.72 bits per heavy atom. The van der Waals surface area contributed by atoms with Gasteiger partial charge in [-0.05, 0) is 44.6 Å². The number of primary amides is 1. The molecule has 6 nitrogen and oxygen atoms in total. The van der Waals surface area contributed by atoms with Crippen molar-refractivity contribution in [2.45, 2.75) is 31.5 Å². The van der Waals surface area contributed by atoms with Crippen molar-refractivity contribution in [1.29, 1.82) is 0 Å². The summed E-state index contributed by atoms with van der Waals surface area (Å²) in [5, 5.41) is 0. The maximum Gasteiger partial charge on any atom is 0.247 e. The highest BCUT2D eigenvalue weighted by molar-refractivity contribution is 5.79. The number of nitrogens with zero attached hydrogens (tertiary/aromatic N) is 3. The van der Waals surface area contributed by atoms with Gasteiger partial charge in [-0.1, -0.05) is 18.2 Å². The number of ether oxygens (including phenoxy) is 1. The zero-order valence-corrected chi connectivity index (χ0v) is 15.4. The van der Waals surface area contributed by atoms with Crippen LogP contribution in [0.15, 0.2) is 24.3 Å². The number of para-hydroxylation sites is 1. The van der Waals surface area contributed by atoms with Gasteiger partial charge in [0.15, 0.2) is 0 Å². The number of anilines is 1. The first-order valence-electron chi connectivity index (χ1n) is 9.17. The van der Waals surface area contributed by atoms with Crippen LogP contribution in [0, 0.1) is 0 Å². The molecule has 2 aliphatic heterocycles. The number of hydrogen-bond acceptors (Lipinski definition) is 5. The standard InChI is InChI=1S/C19H30N4O2/c1-21-9-7-16(8-10-21)22(2)17-6-4-3-5-15(17)13-23-11-12-25-18(14-23)19(20)24/h3-6,16,18H,7-14H2,1-2H3,(H2,20,24)/t18-/m1/s1. The van der Waals surface area contributed by atoms with Crippen LogP contribution in [-0.2, 0) is 16.1 Å². The Labute approximate surface area is 150 Å². The predicted octanol–water partition coefficient (Wildman–Crippen LogP) is 0.903. The van der Waals surface area contributed by atoms with Gasteiger partial charge in [-0.2, -0.15) is 0 Å². The van der Waals surface area contributed by atoms with Gasteiger partial charge in [0, 0.05) is 38.4 Å². The van der Waals surface area contributed by atoms with Crippen molar-refractivity contribution >= 4 is 11.6 Å². The highest BCUT2D eigenvalue weighted by Crippen LogP contribution is 2.26. The van der Waals surface area contributed by atoms with Gasteiger partial charge in [0.2, 0.25) is 5.91 Å². The first-order chi connectivity index (χ1) is 12.0. The van der Waals surface area contributed by atoms with E-state index in [-0.39, 0.29) is 5.91 Å². The molecule has 25 heavy (non-hydrogen) atoms. The van der Waals surface area contributed by atoms with Crippen molar-refractivity contribution in [3.63, 3.8) is 0 Å². The SMILES string of the molecule is CN1CCC(N(C)c2ccccc2CN2CCO[C@@H](C(N)=O)C2)CC1. The van der Waals surface area contributed by atoms with Crippen LogP contribution in [0.2, 0.25) is 0 Å². The number of carbonyl (C=O) groups is 1. The molecule has 0 radical (unpaired) electrons. The van der Waals surface area contributed by atoms with Gasteiger partial charge in [0.25, 0.3) is 0 Å². The fourth-order valence-corrected chi connectivity index (χ4v) is 3.83. The Hall–Kier alpha value is -1.63. The maximum absolute atomic E-state index is 11.4. The van der Waals surface area contributed by atoms with E-state index in [2.05, 4.69) is 53.1 Å². The summed E-state index contributed by atoms with van der Waals surface area (Å²) in [6.07, 6.45) is 1.90. The van der Waals surface area contributed by atoms with E-state index < -0.39 is 6.10 Å². The molecule has 3 rings (SSSR count). The quantitative estimate of drug-likeness (QED) is 0.858. The van der Waals surface area contributed by atoms with E-state index in [4.69, 9.17) is 10.5 Å². The van der Waals surface area contributed by atoms with Crippen LogP contribution in [0.5, 0.6) is 0 Å². The highest BCUT2D eigenvalue weighted by atomic mass is 16.5. The molecule has 6 heteroatoms. The number of morpholine rings is 1. The molecule has 138 valence electrons. The molecule has 0 bridgehead atoms. The summed E-state index contributed by atoms with van der Waals surface area (Å²) in [6, 6.07) is 9.18. The molecular formula is C19H30N4O2. The summed E-state index contributed by atoms with van der Waals surface area (Å²) in [5.74, 6) is -0.374. The Morgan fingerprint density at radius 1 is 1.28 bits per heavy atom. The van der Waals surface area contributed by atoms with Crippen LogP contribution in [0.25, 0.3) is 0 Å². The summed E-state index contributed by atoms with van der Waals surface area (Å²) in [6.45, 7) is 5.08. The number of carbonyl (C=O) groups excluding carboxylic acids is 1. The van der Waals surface area contributed by atoms with E-state index in [0.717, 1.165) is 26.2 Å². The second-order valence-electron chi connectivity index (χ2n) is 7.27. The van der Waals surface area contributed by atoms with Gasteiger partial charge < -0.3 is 20.3 Å². The van der Waals surface area contributed by atoms with Crippen LogP contribution in [0.4, 0.5) is 5.69 Å².